The second-order valence-corrected chi connectivity index (χ2v) is 9.37. The number of carbonyl (C=O) groups is 2. The number of phenolic OH excluding ortho intramolecular Hbond substituents is 1. The number of phenols is 1. The first kappa shape index (κ1) is 30.7. The summed E-state index contributed by atoms with van der Waals surface area (Å²) in [6.07, 6.45) is 6.32. The highest BCUT2D eigenvalue weighted by atomic mass is 35.5. The van der Waals surface area contributed by atoms with Crippen LogP contribution in [0, 0.1) is 0 Å². The lowest BCUT2D eigenvalue weighted by Gasteiger charge is -2.18. The SMILES string of the molecule is Cl.NCCCCOc1c(Cl)cc(C(=O)N[C@@H](Cc2ccccc2)C(=O)ON=C2CCCCC2)c(O)c1Cl. The molecule has 1 saturated carbocycles. The lowest BCUT2D eigenvalue weighted by molar-refractivity contribution is -0.146. The Bertz CT molecular complexity index is 1070. The molecule has 0 unspecified atom stereocenters. The van der Waals surface area contributed by atoms with Crippen molar-refractivity contribution in [3.63, 3.8) is 0 Å². The average Bonchev–Trinajstić information content (AvgIpc) is 2.89. The van der Waals surface area contributed by atoms with Gasteiger partial charge in [0.1, 0.15) is 11.1 Å². The zero-order chi connectivity index (χ0) is 25.9. The van der Waals surface area contributed by atoms with Crippen LogP contribution in [0.25, 0.3) is 0 Å². The molecule has 8 nitrogen and oxygen atoms in total. The first-order valence-corrected chi connectivity index (χ1v) is 12.8. The third-order valence-corrected chi connectivity index (χ3v) is 6.44. The van der Waals surface area contributed by atoms with Crippen molar-refractivity contribution in [1.29, 1.82) is 0 Å². The molecule has 1 fully saturated rings. The van der Waals surface area contributed by atoms with E-state index in [1.807, 2.05) is 30.3 Å². The predicted octanol–water partition coefficient (Wildman–Crippen LogP) is 5.44. The van der Waals surface area contributed by atoms with E-state index in [9.17, 15) is 14.7 Å². The minimum absolute atomic E-state index is 0. The van der Waals surface area contributed by atoms with Gasteiger partial charge in [0.05, 0.1) is 22.9 Å². The van der Waals surface area contributed by atoms with E-state index in [4.69, 9.17) is 38.5 Å². The van der Waals surface area contributed by atoms with E-state index >= 15 is 0 Å². The van der Waals surface area contributed by atoms with E-state index in [0.29, 0.717) is 19.6 Å². The van der Waals surface area contributed by atoms with Gasteiger partial charge in [-0.2, -0.15) is 0 Å². The van der Waals surface area contributed by atoms with Crippen LogP contribution in [0.4, 0.5) is 0 Å². The smallest absolute Gasteiger partial charge is 0.357 e. The standard InChI is InChI=1S/C26H31Cl2N3O5.ClH/c27-20-16-19(23(32)22(28)24(20)35-14-8-7-13-29)25(33)30-21(15-17-9-3-1-4-10-17)26(34)36-31-18-11-5-2-6-12-18;/h1,3-4,9-10,16,21,32H,2,5-8,11-15,29H2,(H,30,33);1H/t21-;/m0./s1. The zero-order valence-electron chi connectivity index (χ0n) is 20.4. The van der Waals surface area contributed by atoms with Crippen LogP contribution in [0.3, 0.4) is 0 Å². The molecule has 1 aliphatic rings. The molecule has 1 aliphatic carbocycles. The minimum Gasteiger partial charge on any atom is -0.505 e. The molecule has 4 N–H and O–H groups in total. The number of rotatable bonds is 11. The number of halogens is 3. The van der Waals surface area contributed by atoms with Gasteiger partial charge in [-0.05, 0) is 56.7 Å². The number of nitrogens with one attached hydrogen (secondary N) is 1. The number of hydrogen-bond acceptors (Lipinski definition) is 7. The number of nitrogens with zero attached hydrogens (tertiary/aromatic N) is 1. The van der Waals surface area contributed by atoms with Crippen molar-refractivity contribution >= 4 is 53.2 Å². The number of nitrogens with two attached hydrogens (primary N) is 1. The van der Waals surface area contributed by atoms with Gasteiger partial charge in [-0.3, -0.25) is 4.79 Å². The van der Waals surface area contributed by atoms with E-state index in [1.165, 1.54) is 6.07 Å². The van der Waals surface area contributed by atoms with Crippen molar-refractivity contribution in [3.8, 4) is 11.5 Å². The number of ether oxygens (including phenoxy) is 1. The number of amides is 1. The molecule has 0 aromatic heterocycles. The van der Waals surface area contributed by atoms with E-state index in [0.717, 1.165) is 49.8 Å². The van der Waals surface area contributed by atoms with Gasteiger partial charge in [0, 0.05) is 6.42 Å². The highest BCUT2D eigenvalue weighted by Gasteiger charge is 2.28. The Labute approximate surface area is 232 Å². The van der Waals surface area contributed by atoms with Gasteiger partial charge >= 0.3 is 5.97 Å². The summed E-state index contributed by atoms with van der Waals surface area (Å²) < 4.78 is 5.57. The fourth-order valence-electron chi connectivity index (χ4n) is 3.82. The molecule has 3 rings (SSSR count). The fraction of sp³-hybridized carbons (Fsp3) is 0.423. The van der Waals surface area contributed by atoms with Gasteiger partial charge in [-0.1, -0.05) is 65.1 Å². The Hall–Kier alpha value is -2.52. The largest absolute Gasteiger partial charge is 0.505 e. The Kier molecular flexibility index (Phi) is 13.0. The molecule has 202 valence electrons. The van der Waals surface area contributed by atoms with E-state index in [2.05, 4.69) is 10.5 Å². The lowest BCUT2D eigenvalue weighted by Crippen LogP contribution is -2.43. The van der Waals surface area contributed by atoms with E-state index in [-0.39, 0.29) is 40.2 Å². The summed E-state index contributed by atoms with van der Waals surface area (Å²) in [5.74, 6) is -1.87. The highest BCUT2D eigenvalue weighted by Crippen LogP contribution is 2.42. The van der Waals surface area contributed by atoms with E-state index < -0.39 is 23.7 Å². The Balaban J connectivity index is 0.00000481. The van der Waals surface area contributed by atoms with Gasteiger partial charge in [0.25, 0.3) is 5.91 Å². The molecule has 0 bridgehead atoms. The number of oxime groups is 1. The monoisotopic (exact) mass is 571 g/mol. The summed E-state index contributed by atoms with van der Waals surface area (Å²) in [5, 5.41) is 17.1. The second kappa shape index (κ2) is 15.7. The third kappa shape index (κ3) is 9.07. The lowest BCUT2D eigenvalue weighted by atomic mass is 9.99. The van der Waals surface area contributed by atoms with Crippen molar-refractivity contribution in [2.75, 3.05) is 13.2 Å². The first-order valence-electron chi connectivity index (χ1n) is 12.1. The van der Waals surface area contributed by atoms with Crippen LogP contribution < -0.4 is 15.8 Å². The van der Waals surface area contributed by atoms with Crippen molar-refractivity contribution in [2.45, 2.75) is 57.4 Å². The molecule has 0 heterocycles. The van der Waals surface area contributed by atoms with Crippen molar-refractivity contribution < 1.29 is 24.3 Å². The number of unbranched alkanes of at least 4 members (excludes halogenated alkanes) is 1. The van der Waals surface area contributed by atoms with Crippen molar-refractivity contribution in [3.05, 3.63) is 57.6 Å². The number of hydrogen-bond donors (Lipinski definition) is 3. The molecule has 0 aliphatic heterocycles. The zero-order valence-corrected chi connectivity index (χ0v) is 22.7. The average molecular weight is 573 g/mol. The molecule has 0 saturated heterocycles. The van der Waals surface area contributed by atoms with Gasteiger partial charge in [0.2, 0.25) is 0 Å². The minimum atomic E-state index is -1.06. The number of benzene rings is 2. The Morgan fingerprint density at radius 1 is 1.11 bits per heavy atom. The topological polar surface area (TPSA) is 123 Å². The van der Waals surface area contributed by atoms with Crippen LogP contribution in [0.2, 0.25) is 10.0 Å². The molecule has 1 atom stereocenters. The fourth-order valence-corrected chi connectivity index (χ4v) is 4.39. The number of aromatic hydroxyl groups is 1. The highest BCUT2D eigenvalue weighted by molar-refractivity contribution is 6.39. The quantitative estimate of drug-likeness (QED) is 0.187. The normalized spacial score (nSPS) is 13.8. The summed E-state index contributed by atoms with van der Waals surface area (Å²) in [6, 6.07) is 9.38. The van der Waals surface area contributed by atoms with Gasteiger partial charge < -0.3 is 25.7 Å². The van der Waals surface area contributed by atoms with Crippen molar-refractivity contribution in [1.82, 2.24) is 5.32 Å². The maximum atomic E-state index is 13.1. The summed E-state index contributed by atoms with van der Waals surface area (Å²) in [5.41, 5.74) is 6.93. The maximum absolute atomic E-state index is 13.1. The van der Waals surface area contributed by atoms with Crippen LogP contribution in [-0.2, 0) is 16.1 Å². The molecule has 0 radical (unpaired) electrons. The molecule has 0 spiro atoms. The van der Waals surface area contributed by atoms with Crippen LogP contribution in [0.15, 0.2) is 41.6 Å². The van der Waals surface area contributed by atoms with Crippen LogP contribution in [0.5, 0.6) is 11.5 Å². The van der Waals surface area contributed by atoms with Gasteiger partial charge in [-0.25, -0.2) is 4.79 Å². The summed E-state index contributed by atoms with van der Waals surface area (Å²) >= 11 is 12.5. The molecular formula is C26H32Cl3N3O5. The molecule has 2 aromatic rings. The predicted molar refractivity (Wildman–Crippen MR) is 147 cm³/mol. The second-order valence-electron chi connectivity index (χ2n) is 8.59. The van der Waals surface area contributed by atoms with Gasteiger partial charge in [0.15, 0.2) is 11.5 Å². The van der Waals surface area contributed by atoms with E-state index in [1.54, 1.807) is 0 Å². The van der Waals surface area contributed by atoms with Gasteiger partial charge in [-0.15, -0.1) is 12.4 Å². The first-order chi connectivity index (χ1) is 17.4. The van der Waals surface area contributed by atoms with Crippen LogP contribution in [0.1, 0.15) is 60.9 Å². The summed E-state index contributed by atoms with van der Waals surface area (Å²) in [4.78, 5) is 31.2. The number of carbonyl (C=O) groups excluding carboxylic acids is 2. The Morgan fingerprint density at radius 2 is 1.81 bits per heavy atom. The molecule has 11 heteroatoms. The third-order valence-electron chi connectivity index (χ3n) is 5.81. The van der Waals surface area contributed by atoms with Crippen molar-refractivity contribution in [2.24, 2.45) is 10.9 Å². The summed E-state index contributed by atoms with van der Waals surface area (Å²) in [6.45, 7) is 0.823. The molecule has 37 heavy (non-hydrogen) atoms. The van der Waals surface area contributed by atoms with Crippen LogP contribution >= 0.6 is 35.6 Å². The molecular weight excluding hydrogens is 541 g/mol. The molecule has 2 aromatic carbocycles. The van der Waals surface area contributed by atoms with Crippen LogP contribution in [-0.4, -0.2) is 41.9 Å². The summed E-state index contributed by atoms with van der Waals surface area (Å²) in [7, 11) is 0. The maximum Gasteiger partial charge on any atom is 0.357 e. The molecule has 1 amide bonds. The Morgan fingerprint density at radius 3 is 2.49 bits per heavy atom.